The Morgan fingerprint density at radius 2 is 2.36 bits per heavy atom. The highest BCUT2D eigenvalue weighted by atomic mass is 35.5. The van der Waals surface area contributed by atoms with E-state index in [1.54, 1.807) is 13.2 Å². The van der Waals surface area contributed by atoms with Gasteiger partial charge in [-0.2, -0.15) is 0 Å². The van der Waals surface area contributed by atoms with Crippen LogP contribution in [0.25, 0.3) is 0 Å². The monoisotopic (exact) mass is 213 g/mol. The third kappa shape index (κ3) is 1.65. The smallest absolute Gasteiger partial charge is 0.164 e. The number of fused-ring (bicyclic) bond motifs is 1. The van der Waals surface area contributed by atoms with Crippen LogP contribution in [0.1, 0.15) is 5.56 Å². The van der Waals surface area contributed by atoms with Crippen molar-refractivity contribution in [3.05, 3.63) is 22.7 Å². The maximum absolute atomic E-state index is 5.93. The summed E-state index contributed by atoms with van der Waals surface area (Å²) in [5.41, 5.74) is 6.80. The molecule has 2 rings (SSSR count). The molecule has 0 bridgehead atoms. The van der Waals surface area contributed by atoms with E-state index in [0.717, 1.165) is 17.7 Å². The molecular formula is C10H12ClNO2. The number of halogens is 1. The molecule has 14 heavy (non-hydrogen) atoms. The van der Waals surface area contributed by atoms with E-state index in [9.17, 15) is 0 Å². The van der Waals surface area contributed by atoms with Crippen molar-refractivity contribution in [2.24, 2.45) is 5.73 Å². The molecule has 4 heteroatoms. The number of methoxy groups -OCH3 is 1. The molecule has 0 aliphatic carbocycles. The number of ether oxygens (including phenoxy) is 2. The molecule has 0 aromatic heterocycles. The number of nitrogens with two attached hydrogens (primary N) is 1. The lowest BCUT2D eigenvalue weighted by molar-refractivity contribution is 0.248. The normalized spacial score (nSPS) is 19.8. The topological polar surface area (TPSA) is 44.5 Å². The van der Waals surface area contributed by atoms with Gasteiger partial charge in [-0.05, 0) is 12.5 Å². The van der Waals surface area contributed by atoms with Crippen LogP contribution in [0.2, 0.25) is 5.02 Å². The summed E-state index contributed by atoms with van der Waals surface area (Å²) in [7, 11) is 1.60. The zero-order valence-corrected chi connectivity index (χ0v) is 8.67. The van der Waals surface area contributed by atoms with Gasteiger partial charge in [-0.3, -0.25) is 0 Å². The minimum atomic E-state index is 0.0469. The van der Waals surface area contributed by atoms with Crippen LogP contribution >= 0.6 is 11.6 Å². The van der Waals surface area contributed by atoms with E-state index in [1.807, 2.05) is 6.07 Å². The minimum absolute atomic E-state index is 0.0469. The fourth-order valence-corrected chi connectivity index (χ4v) is 1.85. The van der Waals surface area contributed by atoms with Crippen molar-refractivity contribution in [2.45, 2.75) is 12.5 Å². The average molecular weight is 214 g/mol. The predicted octanol–water partition coefficient (Wildman–Crippen LogP) is 1.61. The van der Waals surface area contributed by atoms with E-state index in [4.69, 9.17) is 26.8 Å². The van der Waals surface area contributed by atoms with Crippen LogP contribution in [0.5, 0.6) is 11.5 Å². The molecule has 0 spiro atoms. The molecule has 0 saturated carbocycles. The summed E-state index contributed by atoms with van der Waals surface area (Å²) >= 11 is 5.93. The molecule has 0 radical (unpaired) electrons. The van der Waals surface area contributed by atoms with Crippen molar-refractivity contribution in [1.82, 2.24) is 0 Å². The lowest BCUT2D eigenvalue weighted by atomic mass is 10.0. The molecule has 0 amide bonds. The van der Waals surface area contributed by atoms with Gasteiger partial charge in [-0.15, -0.1) is 0 Å². The highest BCUT2D eigenvalue weighted by Gasteiger charge is 2.20. The van der Waals surface area contributed by atoms with Gasteiger partial charge < -0.3 is 15.2 Å². The Hall–Kier alpha value is -0.930. The number of hydrogen-bond acceptors (Lipinski definition) is 3. The molecule has 1 aromatic carbocycles. The molecule has 0 fully saturated rings. The summed E-state index contributed by atoms with van der Waals surface area (Å²) in [4.78, 5) is 0. The van der Waals surface area contributed by atoms with Crippen LogP contribution in [-0.4, -0.2) is 19.8 Å². The standard InChI is InChI=1S/C10H12ClNO2/c1-13-9-4-7(11)2-6-3-8(12)5-14-10(6)9/h2,4,8H,3,5,12H2,1H3/t8-/m1/s1. The van der Waals surface area contributed by atoms with E-state index in [0.29, 0.717) is 17.4 Å². The summed E-state index contributed by atoms with van der Waals surface area (Å²) in [5, 5.41) is 0.651. The van der Waals surface area contributed by atoms with Crippen molar-refractivity contribution in [3.63, 3.8) is 0 Å². The first-order chi connectivity index (χ1) is 6.70. The maximum Gasteiger partial charge on any atom is 0.164 e. The quantitative estimate of drug-likeness (QED) is 0.771. The summed E-state index contributed by atoms with van der Waals surface area (Å²) in [6.45, 7) is 0.533. The second-order valence-electron chi connectivity index (χ2n) is 3.37. The lowest BCUT2D eigenvalue weighted by Crippen LogP contribution is -2.33. The van der Waals surface area contributed by atoms with E-state index >= 15 is 0 Å². The van der Waals surface area contributed by atoms with Crippen molar-refractivity contribution in [1.29, 1.82) is 0 Å². The minimum Gasteiger partial charge on any atom is -0.493 e. The Kier molecular flexibility index (Phi) is 2.52. The lowest BCUT2D eigenvalue weighted by Gasteiger charge is -2.24. The molecule has 1 heterocycles. The molecule has 1 atom stereocenters. The summed E-state index contributed by atoms with van der Waals surface area (Å²) in [6, 6.07) is 3.67. The maximum atomic E-state index is 5.93. The fraction of sp³-hybridized carbons (Fsp3) is 0.400. The van der Waals surface area contributed by atoms with Crippen molar-refractivity contribution in [2.75, 3.05) is 13.7 Å². The van der Waals surface area contributed by atoms with Crippen molar-refractivity contribution >= 4 is 11.6 Å². The van der Waals surface area contributed by atoms with Gasteiger partial charge in [0.25, 0.3) is 0 Å². The SMILES string of the molecule is COc1cc(Cl)cc2c1OC[C@H](N)C2. The molecule has 2 N–H and O–H groups in total. The Bertz CT molecular complexity index is 354. The van der Waals surface area contributed by atoms with Gasteiger partial charge in [0.1, 0.15) is 6.61 Å². The Balaban J connectivity index is 2.46. The Labute approximate surface area is 87.8 Å². The van der Waals surface area contributed by atoms with E-state index in [2.05, 4.69) is 0 Å². The fourth-order valence-electron chi connectivity index (χ4n) is 1.62. The molecule has 1 aliphatic heterocycles. The molecule has 1 aliphatic rings. The van der Waals surface area contributed by atoms with Crippen LogP contribution in [0.4, 0.5) is 0 Å². The van der Waals surface area contributed by atoms with Crippen LogP contribution in [0.3, 0.4) is 0 Å². The Morgan fingerprint density at radius 3 is 3.07 bits per heavy atom. The molecule has 3 nitrogen and oxygen atoms in total. The third-order valence-electron chi connectivity index (χ3n) is 2.24. The highest BCUT2D eigenvalue weighted by Crippen LogP contribution is 2.37. The molecule has 1 aromatic rings. The van der Waals surface area contributed by atoms with Gasteiger partial charge in [0, 0.05) is 22.7 Å². The van der Waals surface area contributed by atoms with Crippen molar-refractivity contribution in [3.8, 4) is 11.5 Å². The van der Waals surface area contributed by atoms with E-state index in [-0.39, 0.29) is 6.04 Å². The van der Waals surface area contributed by atoms with Crippen LogP contribution < -0.4 is 15.2 Å². The predicted molar refractivity (Wildman–Crippen MR) is 55.2 cm³/mol. The number of hydrogen-bond donors (Lipinski definition) is 1. The van der Waals surface area contributed by atoms with Gasteiger partial charge in [0.05, 0.1) is 7.11 Å². The summed E-state index contributed by atoms with van der Waals surface area (Å²) in [5.74, 6) is 1.46. The van der Waals surface area contributed by atoms with Crippen LogP contribution in [0, 0.1) is 0 Å². The second-order valence-corrected chi connectivity index (χ2v) is 3.81. The molecule has 0 saturated heterocycles. The molecular weight excluding hydrogens is 202 g/mol. The first-order valence-corrected chi connectivity index (χ1v) is 4.83. The molecule has 0 unspecified atom stereocenters. The second kappa shape index (κ2) is 3.67. The first kappa shape index (κ1) is 9.62. The summed E-state index contributed by atoms with van der Waals surface area (Å²) < 4.78 is 10.7. The van der Waals surface area contributed by atoms with Crippen molar-refractivity contribution < 1.29 is 9.47 Å². The average Bonchev–Trinajstić information content (AvgIpc) is 2.15. The first-order valence-electron chi connectivity index (χ1n) is 4.45. The number of rotatable bonds is 1. The molecule has 76 valence electrons. The third-order valence-corrected chi connectivity index (χ3v) is 2.46. The highest BCUT2D eigenvalue weighted by molar-refractivity contribution is 6.30. The van der Waals surface area contributed by atoms with Gasteiger partial charge in [-0.25, -0.2) is 0 Å². The zero-order valence-electron chi connectivity index (χ0n) is 7.92. The van der Waals surface area contributed by atoms with Gasteiger partial charge in [0.2, 0.25) is 0 Å². The summed E-state index contributed by atoms with van der Waals surface area (Å²) in [6.07, 6.45) is 0.784. The van der Waals surface area contributed by atoms with Gasteiger partial charge in [-0.1, -0.05) is 11.6 Å². The van der Waals surface area contributed by atoms with Gasteiger partial charge >= 0.3 is 0 Å². The van der Waals surface area contributed by atoms with Crippen LogP contribution in [0.15, 0.2) is 12.1 Å². The Morgan fingerprint density at radius 1 is 1.57 bits per heavy atom. The van der Waals surface area contributed by atoms with E-state index in [1.165, 1.54) is 0 Å². The largest absolute Gasteiger partial charge is 0.493 e. The number of benzene rings is 1. The van der Waals surface area contributed by atoms with Gasteiger partial charge in [0.15, 0.2) is 11.5 Å². The van der Waals surface area contributed by atoms with E-state index < -0.39 is 0 Å². The van der Waals surface area contributed by atoms with Crippen LogP contribution in [-0.2, 0) is 6.42 Å². The zero-order chi connectivity index (χ0) is 10.1.